The fourth-order valence-electron chi connectivity index (χ4n) is 3.36. The number of rotatable bonds is 10. The Morgan fingerprint density at radius 3 is 2.31 bits per heavy atom. The number of benzene rings is 2. The molecule has 0 aliphatic heterocycles. The molecule has 0 fully saturated rings. The first-order valence-corrected chi connectivity index (χ1v) is 12.9. The van der Waals surface area contributed by atoms with E-state index in [0.29, 0.717) is 16.7 Å². The number of nitrogens with zero attached hydrogens (tertiary/aromatic N) is 2. The molecule has 3 rings (SSSR count). The van der Waals surface area contributed by atoms with Crippen molar-refractivity contribution >= 4 is 38.7 Å². The van der Waals surface area contributed by atoms with Crippen LogP contribution < -0.4 is 10.6 Å². The quantitative estimate of drug-likeness (QED) is 0.393. The Bertz CT molecular complexity index is 1320. The van der Waals surface area contributed by atoms with Gasteiger partial charge in [-0.05, 0) is 36.2 Å². The lowest BCUT2D eigenvalue weighted by atomic mass is 10.1. The molecule has 2 aromatic carbocycles. The van der Waals surface area contributed by atoms with E-state index in [-0.39, 0.29) is 12.3 Å². The number of oxazole rings is 1. The van der Waals surface area contributed by atoms with Crippen LogP contribution >= 0.6 is 0 Å². The van der Waals surface area contributed by atoms with Gasteiger partial charge >= 0.3 is 6.03 Å². The number of aromatic nitrogens is 1. The van der Waals surface area contributed by atoms with E-state index in [1.807, 2.05) is 0 Å². The zero-order valence-electron chi connectivity index (χ0n) is 20.0. The highest BCUT2D eigenvalue weighted by Gasteiger charge is 2.32. The number of sulfone groups is 1. The highest BCUT2D eigenvalue weighted by Crippen LogP contribution is 2.17. The molecule has 0 aliphatic carbocycles. The molecular weight excluding hydrogens is 491 g/mol. The van der Waals surface area contributed by atoms with Crippen LogP contribution in [0.1, 0.15) is 29.6 Å². The van der Waals surface area contributed by atoms with Gasteiger partial charge in [-0.2, -0.15) is 0 Å². The monoisotopic (exact) mass is 518 g/mol. The summed E-state index contributed by atoms with van der Waals surface area (Å²) in [5.41, 5.74) is 1.21. The Morgan fingerprint density at radius 1 is 1.03 bits per heavy atom. The molecule has 0 saturated heterocycles. The first-order valence-electron chi connectivity index (χ1n) is 11.1. The number of nitrogens with one attached hydrogen (secondary N) is 2. The molecule has 2 atom stereocenters. The summed E-state index contributed by atoms with van der Waals surface area (Å²) < 4.78 is 44.3. The van der Waals surface area contributed by atoms with Crippen LogP contribution in [0.2, 0.25) is 0 Å². The minimum Gasteiger partial charge on any atom is -0.434 e. The molecule has 0 radical (unpaired) electrons. The fraction of sp³-hybridized carbons (Fsp3) is 0.333. The van der Waals surface area contributed by atoms with Gasteiger partial charge < -0.3 is 20.0 Å². The molecule has 2 N–H and O–H groups in total. The molecular formula is C24H27FN4O6S. The maximum absolute atomic E-state index is 13.2. The van der Waals surface area contributed by atoms with E-state index in [4.69, 9.17) is 4.42 Å². The normalized spacial score (nSPS) is 13.1. The number of urea groups is 1. The van der Waals surface area contributed by atoms with Crippen molar-refractivity contribution in [1.82, 2.24) is 20.5 Å². The van der Waals surface area contributed by atoms with Gasteiger partial charge in [0.1, 0.15) is 17.4 Å². The SMILES string of the molecule is CC[C@H](NC(=O)[C@H](CS(=O)(=O)Cc1ccc(F)cc1)NC(=O)N(C)C)C(=O)c1nc2ccccc2o1. The fourth-order valence-corrected chi connectivity index (χ4v) is 4.92. The van der Waals surface area contributed by atoms with Crippen molar-refractivity contribution in [1.29, 1.82) is 0 Å². The largest absolute Gasteiger partial charge is 0.434 e. The van der Waals surface area contributed by atoms with Crippen LogP contribution in [0.15, 0.2) is 52.9 Å². The molecule has 10 nitrogen and oxygen atoms in total. The van der Waals surface area contributed by atoms with Crippen LogP contribution in [0.4, 0.5) is 9.18 Å². The lowest BCUT2D eigenvalue weighted by molar-refractivity contribution is -0.123. The Kier molecular flexibility index (Phi) is 8.41. The second-order valence-corrected chi connectivity index (χ2v) is 10.5. The van der Waals surface area contributed by atoms with Crippen molar-refractivity contribution in [2.45, 2.75) is 31.2 Å². The number of hydrogen-bond donors (Lipinski definition) is 2. The molecule has 192 valence electrons. The summed E-state index contributed by atoms with van der Waals surface area (Å²) in [4.78, 5) is 43.6. The van der Waals surface area contributed by atoms with Crippen molar-refractivity contribution in [2.75, 3.05) is 19.8 Å². The first-order chi connectivity index (χ1) is 17.0. The molecule has 0 unspecified atom stereocenters. The number of Topliss-reactive ketones (excluding diaryl/α,β-unsaturated/α-hetero) is 1. The second-order valence-electron chi connectivity index (χ2n) is 8.40. The van der Waals surface area contributed by atoms with Crippen molar-refractivity contribution in [3.63, 3.8) is 0 Å². The topological polar surface area (TPSA) is 139 Å². The maximum Gasteiger partial charge on any atom is 0.317 e. The Hall–Kier alpha value is -3.80. The molecule has 3 aromatic rings. The number of para-hydroxylation sites is 2. The number of halogens is 1. The Balaban J connectivity index is 1.78. The number of carbonyl (C=O) groups excluding carboxylic acids is 3. The van der Waals surface area contributed by atoms with Crippen molar-refractivity contribution in [3.8, 4) is 0 Å². The number of fused-ring (bicyclic) bond motifs is 1. The molecule has 1 aromatic heterocycles. The summed E-state index contributed by atoms with van der Waals surface area (Å²) in [7, 11) is -1.06. The zero-order valence-corrected chi connectivity index (χ0v) is 20.8. The van der Waals surface area contributed by atoms with E-state index in [1.165, 1.54) is 26.2 Å². The van der Waals surface area contributed by atoms with E-state index in [9.17, 15) is 27.2 Å². The minimum atomic E-state index is -3.93. The summed E-state index contributed by atoms with van der Waals surface area (Å²) in [6.45, 7) is 1.66. The van der Waals surface area contributed by atoms with Crippen LogP contribution in [-0.4, -0.2) is 68.0 Å². The molecule has 12 heteroatoms. The molecule has 36 heavy (non-hydrogen) atoms. The van der Waals surface area contributed by atoms with Crippen LogP contribution in [0.25, 0.3) is 11.1 Å². The summed E-state index contributed by atoms with van der Waals surface area (Å²) >= 11 is 0. The third-order valence-corrected chi connectivity index (χ3v) is 6.90. The summed E-state index contributed by atoms with van der Waals surface area (Å²) in [5.74, 6) is -3.35. The third-order valence-electron chi connectivity index (χ3n) is 5.29. The van der Waals surface area contributed by atoms with Crippen molar-refractivity contribution < 1.29 is 31.6 Å². The number of amides is 3. The van der Waals surface area contributed by atoms with Gasteiger partial charge in [0.05, 0.1) is 17.5 Å². The molecule has 0 bridgehead atoms. The second kappa shape index (κ2) is 11.3. The Morgan fingerprint density at radius 2 is 1.69 bits per heavy atom. The molecule has 1 heterocycles. The van der Waals surface area contributed by atoms with Gasteiger partial charge in [-0.3, -0.25) is 9.59 Å². The van der Waals surface area contributed by atoms with E-state index in [0.717, 1.165) is 17.0 Å². The minimum absolute atomic E-state index is 0.167. The standard InChI is InChI=1S/C24H27FN4O6S/c1-4-17(21(30)23-27-18-7-5-6-8-20(18)35-23)26-22(31)19(28-24(32)29(2)3)14-36(33,34)13-15-9-11-16(25)12-10-15/h5-12,17,19H,4,13-14H2,1-3H3,(H,26,31)(H,28,32)/t17-,19-/m0/s1. The van der Waals surface area contributed by atoms with E-state index in [1.54, 1.807) is 31.2 Å². The lowest BCUT2D eigenvalue weighted by Gasteiger charge is -2.23. The predicted octanol–water partition coefficient (Wildman–Crippen LogP) is 2.30. The smallest absolute Gasteiger partial charge is 0.317 e. The van der Waals surface area contributed by atoms with Crippen LogP contribution in [0, 0.1) is 5.82 Å². The maximum atomic E-state index is 13.2. The first kappa shape index (κ1) is 26.8. The van der Waals surface area contributed by atoms with Crippen LogP contribution in [0.3, 0.4) is 0 Å². The van der Waals surface area contributed by atoms with E-state index in [2.05, 4.69) is 15.6 Å². The van der Waals surface area contributed by atoms with Gasteiger partial charge in [-0.25, -0.2) is 22.6 Å². The van der Waals surface area contributed by atoms with Crippen LogP contribution in [-0.2, 0) is 20.4 Å². The van der Waals surface area contributed by atoms with E-state index >= 15 is 0 Å². The van der Waals surface area contributed by atoms with Crippen molar-refractivity contribution in [2.24, 2.45) is 0 Å². The number of ketones is 1. The highest BCUT2D eigenvalue weighted by molar-refractivity contribution is 7.90. The number of carbonyl (C=O) groups is 3. The van der Waals surface area contributed by atoms with Gasteiger partial charge in [-0.15, -0.1) is 0 Å². The van der Waals surface area contributed by atoms with Crippen molar-refractivity contribution in [3.05, 3.63) is 65.8 Å². The predicted molar refractivity (Wildman–Crippen MR) is 130 cm³/mol. The average molecular weight is 519 g/mol. The molecule has 0 saturated carbocycles. The van der Waals surface area contributed by atoms with Crippen LogP contribution in [0.5, 0.6) is 0 Å². The Labute approximate surface area is 207 Å². The van der Waals surface area contributed by atoms with Gasteiger partial charge in [-0.1, -0.05) is 31.2 Å². The summed E-state index contributed by atoms with van der Waals surface area (Å²) in [6, 6.07) is 8.46. The zero-order chi connectivity index (χ0) is 26.5. The summed E-state index contributed by atoms with van der Waals surface area (Å²) in [6.07, 6.45) is 0.167. The average Bonchev–Trinajstić information content (AvgIpc) is 3.27. The van der Waals surface area contributed by atoms with Gasteiger partial charge in [0.15, 0.2) is 15.4 Å². The lowest BCUT2D eigenvalue weighted by Crippen LogP contribution is -2.55. The molecule has 3 amide bonds. The van der Waals surface area contributed by atoms with Gasteiger partial charge in [0, 0.05) is 14.1 Å². The number of hydrogen-bond acceptors (Lipinski definition) is 7. The summed E-state index contributed by atoms with van der Waals surface area (Å²) in [5, 5.41) is 4.89. The van der Waals surface area contributed by atoms with Gasteiger partial charge in [0.25, 0.3) is 5.89 Å². The molecule has 0 aliphatic rings. The third kappa shape index (κ3) is 6.87. The van der Waals surface area contributed by atoms with E-state index < -0.39 is 57.0 Å². The van der Waals surface area contributed by atoms with Gasteiger partial charge in [0.2, 0.25) is 11.7 Å². The molecule has 0 spiro atoms. The highest BCUT2D eigenvalue weighted by atomic mass is 32.2.